The van der Waals surface area contributed by atoms with Crippen LogP contribution in [-0.2, 0) is 20.1 Å². The molecule has 9 rings (SSSR count). The first-order chi connectivity index (χ1) is 22.5. The van der Waals surface area contributed by atoms with Crippen LogP contribution in [0.5, 0.6) is 0 Å². The molecule has 3 aliphatic heterocycles. The Morgan fingerprint density at radius 2 is 0.936 bits per heavy atom. The second-order valence-electron chi connectivity index (χ2n) is 18.1. The summed E-state index contributed by atoms with van der Waals surface area (Å²) in [6.07, 6.45) is 33.5. The van der Waals surface area contributed by atoms with Crippen LogP contribution in [0.3, 0.4) is 0 Å². The van der Waals surface area contributed by atoms with Crippen molar-refractivity contribution in [1.82, 2.24) is 4.90 Å². The fourth-order valence-corrected chi connectivity index (χ4v) is 13.2. The van der Waals surface area contributed by atoms with E-state index in [2.05, 4.69) is 52.0 Å². The SMILES string of the molecule is CC1CC[CH-]C2C1CCC1CCC[N-]C12.CC1CC[CH-]C2C1CCC1CCC[N-]C12.[CH2-]N1CCCC2CCC3C(C)CC[CH-]C3C21.[Ir]. The quantitative estimate of drug-likeness (QED) is 0.224. The van der Waals surface area contributed by atoms with Crippen molar-refractivity contribution in [2.45, 2.75) is 154 Å². The van der Waals surface area contributed by atoms with E-state index >= 15 is 0 Å². The van der Waals surface area contributed by atoms with Gasteiger partial charge in [-0.1, -0.05) is 127 Å². The fraction of sp³-hybridized carbons (Fsp3) is 0.907. The van der Waals surface area contributed by atoms with Crippen molar-refractivity contribution >= 4 is 0 Å². The average Bonchev–Trinajstić information content (AvgIpc) is 3.09. The van der Waals surface area contributed by atoms with Crippen molar-refractivity contribution in [3.63, 3.8) is 0 Å². The number of likely N-dealkylation sites (tertiary alicyclic amines) is 1. The summed E-state index contributed by atoms with van der Waals surface area (Å²) in [5.74, 6) is 11.2. The zero-order valence-corrected chi connectivity index (χ0v) is 33.0. The molecule has 0 amide bonds. The summed E-state index contributed by atoms with van der Waals surface area (Å²) in [5.41, 5.74) is 0. The number of hydrogen-bond donors (Lipinski definition) is 0. The van der Waals surface area contributed by atoms with Crippen LogP contribution in [0.2, 0.25) is 0 Å². The Balaban J connectivity index is 0.000000122. The number of piperidine rings is 3. The summed E-state index contributed by atoms with van der Waals surface area (Å²) in [4.78, 5) is 2.43. The second kappa shape index (κ2) is 17.4. The van der Waals surface area contributed by atoms with Crippen LogP contribution in [-0.4, -0.2) is 42.7 Å². The van der Waals surface area contributed by atoms with Crippen LogP contribution in [0.4, 0.5) is 0 Å². The Kier molecular flexibility index (Phi) is 13.8. The van der Waals surface area contributed by atoms with Gasteiger partial charge in [-0.25, -0.2) is 0 Å². The maximum Gasteiger partial charge on any atom is 0 e. The predicted octanol–water partition coefficient (Wildman–Crippen LogP) is 11.1. The molecule has 3 nitrogen and oxygen atoms in total. The van der Waals surface area contributed by atoms with Gasteiger partial charge in [0, 0.05) is 20.1 Å². The first kappa shape index (κ1) is 37.3. The van der Waals surface area contributed by atoms with Gasteiger partial charge in [-0.3, -0.25) is 7.05 Å². The molecule has 1 radical (unpaired) electrons. The second-order valence-corrected chi connectivity index (χ2v) is 18.1. The fourth-order valence-electron chi connectivity index (χ4n) is 13.2. The molecule has 6 saturated carbocycles. The van der Waals surface area contributed by atoms with Crippen molar-refractivity contribution in [3.8, 4) is 0 Å². The van der Waals surface area contributed by atoms with Gasteiger partial charge < -0.3 is 34.8 Å². The van der Waals surface area contributed by atoms with E-state index in [-0.39, 0.29) is 20.1 Å². The molecule has 3 heterocycles. The van der Waals surface area contributed by atoms with Gasteiger partial charge in [0.05, 0.1) is 0 Å². The van der Waals surface area contributed by atoms with E-state index in [1.165, 1.54) is 122 Å². The summed E-state index contributed by atoms with van der Waals surface area (Å²) in [6, 6.07) is 2.23. The van der Waals surface area contributed by atoms with Crippen LogP contribution < -0.4 is 0 Å². The van der Waals surface area contributed by atoms with Gasteiger partial charge in [0.2, 0.25) is 0 Å². The first-order valence-electron chi connectivity index (χ1n) is 20.9. The topological polar surface area (TPSA) is 31.4 Å². The van der Waals surface area contributed by atoms with E-state index in [9.17, 15) is 0 Å². The van der Waals surface area contributed by atoms with Crippen LogP contribution in [0, 0.1) is 97.3 Å². The van der Waals surface area contributed by atoms with Crippen molar-refractivity contribution in [1.29, 1.82) is 0 Å². The molecule has 0 bridgehead atoms. The van der Waals surface area contributed by atoms with E-state index in [1.807, 2.05) is 0 Å². The van der Waals surface area contributed by atoms with E-state index in [4.69, 9.17) is 10.6 Å². The Morgan fingerprint density at radius 3 is 1.45 bits per heavy atom. The Morgan fingerprint density at radius 1 is 0.511 bits per heavy atom. The maximum atomic E-state index is 4.94. The van der Waals surface area contributed by atoms with Crippen molar-refractivity contribution in [2.75, 3.05) is 19.6 Å². The number of rotatable bonds is 0. The van der Waals surface area contributed by atoms with E-state index in [1.54, 1.807) is 0 Å². The minimum absolute atomic E-state index is 0. The first-order valence-corrected chi connectivity index (χ1v) is 20.9. The smallest absolute Gasteiger partial charge is 0 e. The molecule has 3 saturated heterocycles. The minimum Gasteiger partial charge on any atom is -0.661 e. The van der Waals surface area contributed by atoms with Crippen LogP contribution in [0.15, 0.2) is 0 Å². The molecule has 273 valence electrons. The molecule has 0 spiro atoms. The van der Waals surface area contributed by atoms with Gasteiger partial charge >= 0.3 is 0 Å². The maximum absolute atomic E-state index is 4.94. The molecule has 0 aromatic rings. The molecule has 4 heteroatoms. The van der Waals surface area contributed by atoms with Gasteiger partial charge in [-0.05, 0) is 55.5 Å². The van der Waals surface area contributed by atoms with Crippen LogP contribution in [0.25, 0.3) is 10.6 Å². The summed E-state index contributed by atoms with van der Waals surface area (Å²) in [6.45, 7) is 10.9. The molecule has 0 aromatic heterocycles. The minimum atomic E-state index is 0. The van der Waals surface area contributed by atoms with E-state index < -0.39 is 0 Å². The van der Waals surface area contributed by atoms with Gasteiger partial charge in [0.15, 0.2) is 0 Å². The largest absolute Gasteiger partial charge is 0.661 e. The Hall–Kier alpha value is 0.529. The molecule has 15 unspecified atom stereocenters. The third-order valence-corrected chi connectivity index (χ3v) is 15.7. The molecule has 9 aliphatic rings. The summed E-state index contributed by atoms with van der Waals surface area (Å²) >= 11 is 0. The monoisotopic (exact) mass is 823 g/mol. The van der Waals surface area contributed by atoms with Crippen LogP contribution in [0.1, 0.15) is 136 Å². The van der Waals surface area contributed by atoms with E-state index in [0.29, 0.717) is 0 Å². The standard InChI is InChI=1S/C15H25N.2C14H23N.Ir/c1-11-5-3-7-14-13(11)9-8-12-6-4-10-16(2)15(12)14;2*1-10-4-2-6-13-12(10)8-7-11-5-3-9-15-14(11)13;/h7,11-15H,2-6,8-10H2,1H3;2*6,10-14H,2-5,7-9H2,1H3;/q3*-2;. The molecular formula is C43H71IrN3-6. The number of hydrogen-bond acceptors (Lipinski definition) is 1. The predicted molar refractivity (Wildman–Crippen MR) is 195 cm³/mol. The zero-order valence-electron chi connectivity index (χ0n) is 30.6. The molecule has 9 fully saturated rings. The Labute approximate surface area is 305 Å². The average molecular weight is 822 g/mol. The van der Waals surface area contributed by atoms with Crippen molar-refractivity contribution < 1.29 is 20.1 Å². The summed E-state index contributed by atoms with van der Waals surface area (Å²) in [7, 11) is 4.31. The van der Waals surface area contributed by atoms with Gasteiger partial charge in [0.1, 0.15) is 0 Å². The van der Waals surface area contributed by atoms with E-state index in [0.717, 1.165) is 102 Å². The molecule has 47 heavy (non-hydrogen) atoms. The third-order valence-electron chi connectivity index (χ3n) is 15.7. The van der Waals surface area contributed by atoms with Crippen molar-refractivity contribution in [3.05, 3.63) is 36.9 Å². The molecule has 6 aliphatic carbocycles. The third kappa shape index (κ3) is 8.28. The van der Waals surface area contributed by atoms with Crippen LogP contribution >= 0.6 is 0 Å². The van der Waals surface area contributed by atoms with Gasteiger partial charge in [-0.2, -0.15) is 49.1 Å². The molecule has 0 aromatic carbocycles. The van der Waals surface area contributed by atoms with Gasteiger partial charge in [-0.15, -0.1) is 13.1 Å². The number of fused-ring (bicyclic) bond motifs is 9. The van der Waals surface area contributed by atoms with Gasteiger partial charge in [0.25, 0.3) is 0 Å². The zero-order chi connectivity index (χ0) is 31.6. The Bertz CT molecular complexity index is 894. The normalized spacial score (nSPS) is 49.1. The molecular weight excluding hydrogens is 751 g/mol. The number of nitrogens with zero attached hydrogens (tertiary/aromatic N) is 3. The molecule has 15 atom stereocenters. The summed E-state index contributed by atoms with van der Waals surface area (Å²) in [5, 5.41) is 9.88. The molecule has 0 N–H and O–H groups in total. The van der Waals surface area contributed by atoms with Crippen molar-refractivity contribution in [2.24, 2.45) is 71.0 Å². The summed E-state index contributed by atoms with van der Waals surface area (Å²) < 4.78 is 0.